The zero-order chi connectivity index (χ0) is 22.5. The highest BCUT2D eigenvalue weighted by Crippen LogP contribution is 2.42. The quantitative estimate of drug-likeness (QED) is 0.497. The molecule has 0 aliphatic carbocycles. The Morgan fingerprint density at radius 2 is 2.00 bits per heavy atom. The van der Waals surface area contributed by atoms with E-state index in [2.05, 4.69) is 17.6 Å². The lowest BCUT2D eigenvalue weighted by atomic mass is 9.82. The first kappa shape index (κ1) is 23.2. The van der Waals surface area contributed by atoms with Crippen LogP contribution in [0.15, 0.2) is 64.3 Å². The second-order valence-corrected chi connectivity index (χ2v) is 8.82. The molecule has 0 saturated carbocycles. The molecule has 0 fully saturated rings. The molecular formula is C24H26ClFN2O2S. The van der Waals surface area contributed by atoms with Crippen molar-refractivity contribution in [3.05, 3.63) is 80.7 Å². The average Bonchev–Trinajstić information content (AvgIpc) is 2.74. The second kappa shape index (κ2) is 10.2. The van der Waals surface area contributed by atoms with E-state index >= 15 is 0 Å². The van der Waals surface area contributed by atoms with E-state index in [1.165, 1.54) is 6.07 Å². The van der Waals surface area contributed by atoms with Crippen molar-refractivity contribution >= 4 is 35.0 Å². The molecule has 164 valence electrons. The minimum atomic E-state index is -0.535. The van der Waals surface area contributed by atoms with Crippen LogP contribution in [0, 0.1) is 5.82 Å². The van der Waals surface area contributed by atoms with E-state index in [9.17, 15) is 9.18 Å². The minimum absolute atomic E-state index is 0.312. The summed E-state index contributed by atoms with van der Waals surface area (Å²) in [6.45, 7) is 5.89. The van der Waals surface area contributed by atoms with Crippen LogP contribution in [0.1, 0.15) is 38.7 Å². The first-order chi connectivity index (χ1) is 14.9. The number of benzene rings is 2. The standard InChI is InChI=1S/C24H26ClFN2O2S/c1-5-12-31-24-14(2)21(17-11-10-16(25)13-18(17)26)22(15(3)27-24)23(29)28-19-8-6-7-9-20(19)30-4/h6-11,13,21,27H,5,12H2,1-4H3,(H,28,29). The van der Waals surface area contributed by atoms with Gasteiger partial charge < -0.3 is 15.4 Å². The van der Waals surface area contributed by atoms with Gasteiger partial charge in [-0.1, -0.05) is 36.7 Å². The molecule has 1 aliphatic heterocycles. The van der Waals surface area contributed by atoms with Crippen molar-refractivity contribution < 1.29 is 13.9 Å². The van der Waals surface area contributed by atoms with Crippen molar-refractivity contribution in [3.63, 3.8) is 0 Å². The molecular weight excluding hydrogens is 435 g/mol. The third kappa shape index (κ3) is 5.08. The van der Waals surface area contributed by atoms with Gasteiger partial charge in [0.1, 0.15) is 11.6 Å². The number of allylic oxidation sites excluding steroid dienone is 2. The van der Waals surface area contributed by atoms with Gasteiger partial charge in [0.15, 0.2) is 0 Å². The molecule has 3 rings (SSSR count). The number of halogens is 2. The minimum Gasteiger partial charge on any atom is -0.495 e. The van der Waals surface area contributed by atoms with Crippen molar-refractivity contribution in [1.29, 1.82) is 0 Å². The number of carbonyl (C=O) groups is 1. The number of nitrogens with one attached hydrogen (secondary N) is 2. The predicted octanol–water partition coefficient (Wildman–Crippen LogP) is 6.46. The van der Waals surface area contributed by atoms with Crippen molar-refractivity contribution in [1.82, 2.24) is 5.32 Å². The summed E-state index contributed by atoms with van der Waals surface area (Å²) in [6.07, 6.45) is 1.01. The van der Waals surface area contributed by atoms with Crippen LogP contribution in [0.4, 0.5) is 10.1 Å². The number of hydrogen-bond acceptors (Lipinski definition) is 4. The number of methoxy groups -OCH3 is 1. The number of rotatable bonds is 7. The van der Waals surface area contributed by atoms with Crippen molar-refractivity contribution in [2.24, 2.45) is 0 Å². The smallest absolute Gasteiger partial charge is 0.254 e. The summed E-state index contributed by atoms with van der Waals surface area (Å²) in [5.41, 5.74) is 3.03. The number of amides is 1. The first-order valence-corrected chi connectivity index (χ1v) is 11.4. The van der Waals surface area contributed by atoms with E-state index in [1.807, 2.05) is 26.0 Å². The topological polar surface area (TPSA) is 50.4 Å². The van der Waals surface area contributed by atoms with E-state index in [0.717, 1.165) is 22.8 Å². The van der Waals surface area contributed by atoms with Gasteiger partial charge in [0.05, 0.1) is 17.8 Å². The normalized spacial score (nSPS) is 16.3. The molecule has 1 unspecified atom stereocenters. The molecule has 0 radical (unpaired) electrons. The second-order valence-electron chi connectivity index (χ2n) is 7.28. The van der Waals surface area contributed by atoms with E-state index in [4.69, 9.17) is 16.3 Å². The lowest BCUT2D eigenvalue weighted by Gasteiger charge is -2.31. The van der Waals surface area contributed by atoms with E-state index in [0.29, 0.717) is 33.3 Å². The first-order valence-electron chi connectivity index (χ1n) is 10.1. The van der Waals surface area contributed by atoms with Crippen molar-refractivity contribution in [2.75, 3.05) is 18.2 Å². The highest BCUT2D eigenvalue weighted by molar-refractivity contribution is 8.03. The Bertz CT molecular complexity index is 1050. The fourth-order valence-corrected chi connectivity index (χ4v) is 4.76. The van der Waals surface area contributed by atoms with Gasteiger partial charge in [-0.05, 0) is 61.4 Å². The highest BCUT2D eigenvalue weighted by atomic mass is 35.5. The summed E-state index contributed by atoms with van der Waals surface area (Å²) in [7, 11) is 1.55. The van der Waals surface area contributed by atoms with Crippen LogP contribution in [0.2, 0.25) is 5.02 Å². The molecule has 0 spiro atoms. The lowest BCUT2D eigenvalue weighted by Crippen LogP contribution is -2.30. The molecule has 31 heavy (non-hydrogen) atoms. The molecule has 0 saturated heterocycles. The maximum atomic E-state index is 15.0. The van der Waals surface area contributed by atoms with Gasteiger partial charge >= 0.3 is 0 Å². The third-order valence-electron chi connectivity index (χ3n) is 5.11. The summed E-state index contributed by atoms with van der Waals surface area (Å²) >= 11 is 7.66. The number of carbonyl (C=O) groups excluding carboxylic acids is 1. The van der Waals surface area contributed by atoms with Gasteiger partial charge in [0.25, 0.3) is 5.91 Å². The zero-order valence-electron chi connectivity index (χ0n) is 18.0. The van der Waals surface area contributed by atoms with Gasteiger partial charge in [0, 0.05) is 22.2 Å². The predicted molar refractivity (Wildman–Crippen MR) is 127 cm³/mol. The van der Waals surface area contributed by atoms with E-state index in [-0.39, 0.29) is 5.91 Å². The van der Waals surface area contributed by atoms with Gasteiger partial charge in [-0.2, -0.15) is 0 Å². The average molecular weight is 461 g/mol. The fourth-order valence-electron chi connectivity index (χ4n) is 3.62. The Kier molecular flexibility index (Phi) is 7.68. The summed E-state index contributed by atoms with van der Waals surface area (Å²) in [5, 5.41) is 7.56. The van der Waals surface area contributed by atoms with Crippen LogP contribution in [0.3, 0.4) is 0 Å². The Hall–Kier alpha value is -2.44. The van der Waals surface area contributed by atoms with Crippen LogP contribution in [-0.4, -0.2) is 18.8 Å². The number of hydrogen-bond donors (Lipinski definition) is 2. The zero-order valence-corrected chi connectivity index (χ0v) is 19.6. The van der Waals surface area contributed by atoms with Crippen molar-refractivity contribution in [2.45, 2.75) is 33.1 Å². The third-order valence-corrected chi connectivity index (χ3v) is 6.67. The van der Waals surface area contributed by atoms with Crippen LogP contribution in [0.5, 0.6) is 5.75 Å². The molecule has 1 aliphatic rings. The SMILES string of the molecule is CCCSC1=C(C)C(c2ccc(Cl)cc2F)C(C(=O)Nc2ccccc2OC)=C(C)N1. The number of para-hydroxylation sites is 2. The van der Waals surface area contributed by atoms with Crippen LogP contribution < -0.4 is 15.4 Å². The van der Waals surface area contributed by atoms with Gasteiger partial charge in [0.2, 0.25) is 0 Å². The molecule has 7 heteroatoms. The number of thioether (sulfide) groups is 1. The van der Waals surface area contributed by atoms with Crippen LogP contribution in [0.25, 0.3) is 0 Å². The van der Waals surface area contributed by atoms with Gasteiger partial charge in [-0.25, -0.2) is 4.39 Å². The number of dihydropyridines is 1. The molecule has 4 nitrogen and oxygen atoms in total. The molecule has 2 aromatic rings. The van der Waals surface area contributed by atoms with Gasteiger partial charge in [-0.15, -0.1) is 11.8 Å². The van der Waals surface area contributed by atoms with Crippen LogP contribution >= 0.6 is 23.4 Å². The van der Waals surface area contributed by atoms with E-state index in [1.54, 1.807) is 43.1 Å². The van der Waals surface area contributed by atoms with E-state index < -0.39 is 11.7 Å². The molecule has 1 heterocycles. The van der Waals surface area contributed by atoms with Crippen molar-refractivity contribution in [3.8, 4) is 5.75 Å². The highest BCUT2D eigenvalue weighted by Gasteiger charge is 2.34. The number of anilines is 1. The largest absolute Gasteiger partial charge is 0.495 e. The summed E-state index contributed by atoms with van der Waals surface area (Å²) in [4.78, 5) is 13.4. The van der Waals surface area contributed by atoms with Gasteiger partial charge in [-0.3, -0.25) is 4.79 Å². The maximum absolute atomic E-state index is 15.0. The summed E-state index contributed by atoms with van der Waals surface area (Å²) in [5.74, 6) is 0.193. The lowest BCUT2D eigenvalue weighted by molar-refractivity contribution is -0.113. The molecule has 1 atom stereocenters. The summed E-state index contributed by atoms with van der Waals surface area (Å²) < 4.78 is 20.3. The fraction of sp³-hybridized carbons (Fsp3) is 0.292. The molecule has 1 amide bonds. The Morgan fingerprint density at radius 3 is 2.68 bits per heavy atom. The Morgan fingerprint density at radius 1 is 1.26 bits per heavy atom. The Balaban J connectivity index is 2.06. The Labute approximate surface area is 191 Å². The van der Waals surface area contributed by atoms with Crippen LogP contribution in [-0.2, 0) is 4.79 Å². The summed E-state index contributed by atoms with van der Waals surface area (Å²) in [6, 6.07) is 11.8. The molecule has 2 N–H and O–H groups in total. The molecule has 0 aromatic heterocycles. The maximum Gasteiger partial charge on any atom is 0.254 e. The molecule has 0 bridgehead atoms. The monoisotopic (exact) mass is 460 g/mol. The molecule has 2 aromatic carbocycles. The number of ether oxygens (including phenoxy) is 1.